The summed E-state index contributed by atoms with van der Waals surface area (Å²) in [4.78, 5) is 12.5. The van der Waals surface area contributed by atoms with Crippen LogP contribution in [-0.2, 0) is 19.5 Å². The van der Waals surface area contributed by atoms with Gasteiger partial charge in [-0.15, -0.1) is 0 Å². The minimum absolute atomic E-state index is 0.0467. The second-order valence-electron chi connectivity index (χ2n) is 7.38. The van der Waals surface area contributed by atoms with E-state index in [9.17, 15) is 18.0 Å². The summed E-state index contributed by atoms with van der Waals surface area (Å²) in [6, 6.07) is 15.8. The summed E-state index contributed by atoms with van der Waals surface area (Å²) in [6.07, 6.45) is -1.19. The van der Waals surface area contributed by atoms with Crippen molar-refractivity contribution in [3.05, 3.63) is 95.4 Å². The number of aromatic nitrogens is 4. The number of halogens is 3. The first kappa shape index (κ1) is 22.1. The Hall–Kier alpha value is -4.08. The molecule has 4 aromatic rings. The first-order valence-electron chi connectivity index (χ1n) is 10.0. The van der Waals surface area contributed by atoms with Gasteiger partial charge in [-0.3, -0.25) is 9.48 Å². The molecule has 0 bridgehead atoms. The van der Waals surface area contributed by atoms with E-state index in [4.69, 9.17) is 4.74 Å². The maximum atomic E-state index is 12.8. The van der Waals surface area contributed by atoms with Gasteiger partial charge in [0.1, 0.15) is 5.75 Å². The lowest BCUT2D eigenvalue weighted by atomic mass is 10.1. The molecule has 2 heterocycles. The Labute approximate surface area is 187 Å². The third kappa shape index (κ3) is 5.79. The number of carbonyl (C=O) groups is 1. The fourth-order valence-electron chi connectivity index (χ4n) is 3.15. The quantitative estimate of drug-likeness (QED) is 0.437. The van der Waals surface area contributed by atoms with Crippen molar-refractivity contribution < 1.29 is 22.7 Å². The molecule has 0 radical (unpaired) electrons. The summed E-state index contributed by atoms with van der Waals surface area (Å²) in [5.74, 6) is -0.0403. The molecule has 0 unspecified atom stereocenters. The Kier molecular flexibility index (Phi) is 6.16. The van der Waals surface area contributed by atoms with Crippen LogP contribution in [0.25, 0.3) is 0 Å². The van der Waals surface area contributed by atoms with Gasteiger partial charge in [-0.1, -0.05) is 35.9 Å². The highest BCUT2D eigenvalue weighted by Crippen LogP contribution is 2.31. The van der Waals surface area contributed by atoms with Gasteiger partial charge in [-0.05, 0) is 36.8 Å². The Balaban J connectivity index is 1.33. The highest BCUT2D eigenvalue weighted by Gasteiger charge is 2.30. The minimum atomic E-state index is -4.46. The van der Waals surface area contributed by atoms with Crippen LogP contribution < -0.4 is 10.1 Å². The number of hydrogen-bond donors (Lipinski definition) is 1. The molecule has 0 spiro atoms. The molecule has 170 valence electrons. The number of amides is 1. The molecular formula is C23H20F3N5O2. The standard InChI is InChI=1S/C23H20F3N5O2/c1-16-4-2-5-17(12-16)14-30-11-9-21(29-30)27-22(32)20-8-10-31(28-20)15-33-19-7-3-6-18(13-19)23(24,25)26/h2-13H,14-15H2,1H3,(H,27,29,32). The summed E-state index contributed by atoms with van der Waals surface area (Å²) in [6.45, 7) is 2.43. The van der Waals surface area contributed by atoms with Gasteiger partial charge in [-0.25, -0.2) is 4.68 Å². The molecule has 2 aromatic carbocycles. The van der Waals surface area contributed by atoms with Crippen LogP contribution in [0.2, 0.25) is 0 Å². The van der Waals surface area contributed by atoms with Crippen molar-refractivity contribution in [3.8, 4) is 5.75 Å². The van der Waals surface area contributed by atoms with Gasteiger partial charge >= 0.3 is 6.18 Å². The molecule has 4 rings (SSSR count). The lowest BCUT2D eigenvalue weighted by Crippen LogP contribution is -2.15. The van der Waals surface area contributed by atoms with Crippen molar-refractivity contribution in [2.24, 2.45) is 0 Å². The highest BCUT2D eigenvalue weighted by molar-refractivity contribution is 6.02. The molecule has 0 aliphatic heterocycles. The normalized spacial score (nSPS) is 11.4. The van der Waals surface area contributed by atoms with E-state index in [1.807, 2.05) is 25.1 Å². The Morgan fingerprint density at radius 3 is 2.58 bits per heavy atom. The van der Waals surface area contributed by atoms with Gasteiger partial charge in [0.25, 0.3) is 5.91 Å². The molecule has 10 heteroatoms. The fraction of sp³-hybridized carbons (Fsp3) is 0.174. The van der Waals surface area contributed by atoms with E-state index < -0.39 is 17.6 Å². The van der Waals surface area contributed by atoms with E-state index in [1.54, 1.807) is 16.9 Å². The molecule has 0 saturated heterocycles. The number of rotatable bonds is 7. The van der Waals surface area contributed by atoms with Crippen molar-refractivity contribution in [3.63, 3.8) is 0 Å². The maximum Gasteiger partial charge on any atom is 0.416 e. The van der Waals surface area contributed by atoms with E-state index in [0.29, 0.717) is 12.4 Å². The second-order valence-corrected chi connectivity index (χ2v) is 7.38. The first-order chi connectivity index (χ1) is 15.8. The van der Waals surface area contributed by atoms with E-state index in [0.717, 1.165) is 23.3 Å². The van der Waals surface area contributed by atoms with Crippen LogP contribution in [0.4, 0.5) is 19.0 Å². The summed E-state index contributed by atoms with van der Waals surface area (Å²) in [5, 5.41) is 11.1. The number of carbonyl (C=O) groups excluding carboxylic acids is 1. The van der Waals surface area contributed by atoms with Crippen LogP contribution in [0.5, 0.6) is 5.75 Å². The first-order valence-corrected chi connectivity index (χ1v) is 10.0. The molecule has 1 amide bonds. The molecule has 7 nitrogen and oxygen atoms in total. The molecule has 2 aromatic heterocycles. The van der Waals surface area contributed by atoms with E-state index in [-0.39, 0.29) is 18.2 Å². The number of ether oxygens (including phenoxy) is 1. The second kappa shape index (κ2) is 9.19. The van der Waals surface area contributed by atoms with Crippen LogP contribution in [0.15, 0.2) is 73.1 Å². The number of hydrogen-bond acceptors (Lipinski definition) is 4. The third-order valence-corrected chi connectivity index (χ3v) is 4.71. The number of nitrogens with zero attached hydrogens (tertiary/aromatic N) is 4. The third-order valence-electron chi connectivity index (χ3n) is 4.71. The number of aryl methyl sites for hydroxylation is 1. The van der Waals surface area contributed by atoms with E-state index in [1.165, 1.54) is 29.1 Å². The molecule has 0 fully saturated rings. The van der Waals surface area contributed by atoms with Gasteiger partial charge in [0.2, 0.25) is 0 Å². The van der Waals surface area contributed by atoms with Gasteiger partial charge < -0.3 is 10.1 Å². The van der Waals surface area contributed by atoms with Gasteiger partial charge in [0.15, 0.2) is 18.2 Å². The molecule has 0 aliphatic rings. The zero-order valence-electron chi connectivity index (χ0n) is 17.6. The van der Waals surface area contributed by atoms with Crippen molar-refractivity contribution in [2.75, 3.05) is 5.32 Å². The number of benzene rings is 2. The molecule has 0 saturated carbocycles. The molecular weight excluding hydrogens is 435 g/mol. The average molecular weight is 455 g/mol. The van der Waals surface area contributed by atoms with Crippen LogP contribution >= 0.6 is 0 Å². The highest BCUT2D eigenvalue weighted by atomic mass is 19.4. The predicted molar refractivity (Wildman–Crippen MR) is 115 cm³/mol. The van der Waals surface area contributed by atoms with Crippen LogP contribution in [0, 0.1) is 6.92 Å². The zero-order valence-corrected chi connectivity index (χ0v) is 17.6. The topological polar surface area (TPSA) is 74.0 Å². The van der Waals surface area contributed by atoms with Crippen LogP contribution in [0.1, 0.15) is 27.2 Å². The van der Waals surface area contributed by atoms with Crippen LogP contribution in [0.3, 0.4) is 0 Å². The van der Waals surface area contributed by atoms with Crippen LogP contribution in [-0.4, -0.2) is 25.5 Å². The smallest absolute Gasteiger partial charge is 0.416 e. The molecule has 1 N–H and O–H groups in total. The van der Waals surface area contributed by atoms with Crippen molar-refractivity contribution in [2.45, 2.75) is 26.4 Å². The zero-order chi connectivity index (χ0) is 23.4. The average Bonchev–Trinajstić information content (AvgIpc) is 3.41. The number of anilines is 1. The Morgan fingerprint density at radius 1 is 1.00 bits per heavy atom. The Bertz CT molecular complexity index is 1260. The minimum Gasteiger partial charge on any atom is -0.471 e. The van der Waals surface area contributed by atoms with Crippen molar-refractivity contribution in [1.82, 2.24) is 19.6 Å². The fourth-order valence-corrected chi connectivity index (χ4v) is 3.15. The maximum absolute atomic E-state index is 12.8. The van der Waals surface area contributed by atoms with Gasteiger partial charge in [0.05, 0.1) is 12.1 Å². The molecule has 0 aliphatic carbocycles. The van der Waals surface area contributed by atoms with Crippen molar-refractivity contribution >= 4 is 11.7 Å². The van der Waals surface area contributed by atoms with Gasteiger partial charge in [-0.2, -0.15) is 23.4 Å². The monoisotopic (exact) mass is 455 g/mol. The predicted octanol–water partition coefficient (Wildman–Crippen LogP) is 4.74. The number of nitrogens with one attached hydrogen (secondary N) is 1. The van der Waals surface area contributed by atoms with Gasteiger partial charge in [0, 0.05) is 18.5 Å². The Morgan fingerprint density at radius 2 is 1.79 bits per heavy atom. The SMILES string of the molecule is Cc1cccc(Cn2ccc(NC(=O)c3ccn(COc4cccc(C(F)(F)F)c4)n3)n2)c1. The lowest BCUT2D eigenvalue weighted by molar-refractivity contribution is -0.137. The summed E-state index contributed by atoms with van der Waals surface area (Å²) in [5.41, 5.74) is 1.56. The molecule has 33 heavy (non-hydrogen) atoms. The summed E-state index contributed by atoms with van der Waals surface area (Å²) >= 11 is 0. The summed E-state index contributed by atoms with van der Waals surface area (Å²) < 4.78 is 46.8. The largest absolute Gasteiger partial charge is 0.471 e. The van der Waals surface area contributed by atoms with Crippen molar-refractivity contribution in [1.29, 1.82) is 0 Å². The number of alkyl halides is 3. The molecule has 0 atom stereocenters. The van der Waals surface area contributed by atoms with E-state index >= 15 is 0 Å². The lowest BCUT2D eigenvalue weighted by Gasteiger charge is -2.10. The summed E-state index contributed by atoms with van der Waals surface area (Å²) in [7, 11) is 0. The van der Waals surface area contributed by atoms with E-state index in [2.05, 4.69) is 21.6 Å².